The Labute approximate surface area is 189 Å². The fourth-order valence-electron chi connectivity index (χ4n) is 5.03. The van der Waals surface area contributed by atoms with Crippen molar-refractivity contribution in [2.75, 3.05) is 25.0 Å². The van der Waals surface area contributed by atoms with Crippen LogP contribution in [0.15, 0.2) is 48.5 Å². The van der Waals surface area contributed by atoms with E-state index in [-0.39, 0.29) is 18.0 Å². The number of hydrogen-bond donors (Lipinski definition) is 1. The molecule has 1 saturated carbocycles. The van der Waals surface area contributed by atoms with Crippen LogP contribution in [0.4, 0.5) is 14.9 Å². The number of carbonyl (C=O) groups excluding carboxylic acids is 1. The lowest BCUT2D eigenvalue weighted by Gasteiger charge is -2.47. The molecular formula is C26H33FN2O3. The van der Waals surface area contributed by atoms with Crippen molar-refractivity contribution in [3.63, 3.8) is 0 Å². The Morgan fingerprint density at radius 3 is 2.59 bits per heavy atom. The van der Waals surface area contributed by atoms with Crippen LogP contribution in [-0.4, -0.2) is 42.8 Å². The molecule has 1 aliphatic carbocycles. The van der Waals surface area contributed by atoms with Crippen LogP contribution < -0.4 is 10.1 Å². The Bertz CT molecular complexity index is 872. The van der Waals surface area contributed by atoms with E-state index in [4.69, 9.17) is 9.47 Å². The molecule has 0 aromatic heterocycles. The molecule has 5 nitrogen and oxygen atoms in total. The summed E-state index contributed by atoms with van der Waals surface area (Å²) in [6.45, 7) is 4.53. The molecule has 1 N–H and O–H groups in total. The molecule has 2 aliphatic rings. The van der Waals surface area contributed by atoms with Gasteiger partial charge in [0.25, 0.3) is 0 Å². The standard InChI is InChI=1S/C26H33FN2O3/c1-19-7-11-21(12-8-19)28-26(30)32-25-15-17-29(24-6-3-2-5-23(24)25)16-4-18-31-22-13-9-20(27)10-14-22/h7-14,23-25H,2-6,15-18H2,1H3,(H,28,30)/t23-,24?,25+/m1/s1. The van der Waals surface area contributed by atoms with Gasteiger partial charge < -0.3 is 9.47 Å². The maximum absolute atomic E-state index is 13.0. The number of nitrogens with one attached hydrogen (secondary N) is 1. The molecule has 2 fully saturated rings. The van der Waals surface area contributed by atoms with Crippen molar-refractivity contribution in [1.82, 2.24) is 4.90 Å². The van der Waals surface area contributed by atoms with Crippen LogP contribution in [0.5, 0.6) is 5.75 Å². The zero-order valence-electron chi connectivity index (χ0n) is 18.8. The molecule has 1 heterocycles. The van der Waals surface area contributed by atoms with E-state index in [9.17, 15) is 9.18 Å². The van der Waals surface area contributed by atoms with E-state index < -0.39 is 0 Å². The SMILES string of the molecule is Cc1ccc(NC(=O)O[C@H]2CCN(CCCOc3ccc(F)cc3)C3CCCC[C@H]32)cc1. The molecule has 1 aliphatic heterocycles. The molecule has 172 valence electrons. The van der Waals surface area contributed by atoms with Gasteiger partial charge >= 0.3 is 6.09 Å². The van der Waals surface area contributed by atoms with Gasteiger partial charge in [-0.15, -0.1) is 0 Å². The lowest BCUT2D eigenvalue weighted by Crippen LogP contribution is -2.54. The van der Waals surface area contributed by atoms with Gasteiger partial charge in [-0.05, 0) is 69.0 Å². The van der Waals surface area contributed by atoms with Crippen LogP contribution in [0.3, 0.4) is 0 Å². The number of amides is 1. The third-order valence-electron chi connectivity index (χ3n) is 6.66. The molecule has 1 amide bonds. The molecule has 0 bridgehead atoms. The first-order valence-corrected chi connectivity index (χ1v) is 11.8. The summed E-state index contributed by atoms with van der Waals surface area (Å²) in [6.07, 6.45) is 6.08. The summed E-state index contributed by atoms with van der Waals surface area (Å²) in [6, 6.07) is 14.4. The number of piperidine rings is 1. The number of aryl methyl sites for hydroxylation is 1. The smallest absolute Gasteiger partial charge is 0.411 e. The summed E-state index contributed by atoms with van der Waals surface area (Å²) >= 11 is 0. The molecule has 32 heavy (non-hydrogen) atoms. The Kier molecular flexibility index (Phi) is 7.63. The highest BCUT2D eigenvalue weighted by Crippen LogP contribution is 2.37. The Morgan fingerprint density at radius 1 is 1.06 bits per heavy atom. The first-order valence-electron chi connectivity index (χ1n) is 11.8. The first kappa shape index (κ1) is 22.6. The Hall–Kier alpha value is -2.60. The number of hydrogen-bond acceptors (Lipinski definition) is 4. The normalized spacial score (nSPS) is 23.2. The largest absolute Gasteiger partial charge is 0.494 e. The molecule has 3 atom stereocenters. The number of anilines is 1. The molecule has 2 aromatic rings. The third kappa shape index (κ3) is 6.00. The second-order valence-electron chi connectivity index (χ2n) is 8.93. The Balaban J connectivity index is 1.26. The van der Waals surface area contributed by atoms with Crippen molar-refractivity contribution >= 4 is 11.8 Å². The van der Waals surface area contributed by atoms with Crippen molar-refractivity contribution in [2.45, 2.75) is 57.6 Å². The number of halogens is 1. The summed E-state index contributed by atoms with van der Waals surface area (Å²) in [5.41, 5.74) is 1.92. The average molecular weight is 441 g/mol. The number of benzene rings is 2. The van der Waals surface area contributed by atoms with Crippen LogP contribution in [0.2, 0.25) is 0 Å². The number of fused-ring (bicyclic) bond motifs is 1. The molecular weight excluding hydrogens is 407 g/mol. The quantitative estimate of drug-likeness (QED) is 0.554. The highest BCUT2D eigenvalue weighted by molar-refractivity contribution is 5.84. The van der Waals surface area contributed by atoms with Crippen LogP contribution in [-0.2, 0) is 4.74 Å². The predicted octanol–water partition coefficient (Wildman–Crippen LogP) is 5.78. The number of ether oxygens (including phenoxy) is 2. The molecule has 4 rings (SSSR count). The van der Waals surface area contributed by atoms with E-state index in [1.54, 1.807) is 12.1 Å². The second kappa shape index (κ2) is 10.8. The average Bonchev–Trinajstić information content (AvgIpc) is 2.80. The van der Waals surface area contributed by atoms with Crippen molar-refractivity contribution in [3.05, 3.63) is 59.9 Å². The van der Waals surface area contributed by atoms with Gasteiger partial charge in [0.2, 0.25) is 0 Å². The summed E-state index contributed by atoms with van der Waals surface area (Å²) in [5, 5.41) is 2.87. The second-order valence-corrected chi connectivity index (χ2v) is 8.93. The maximum atomic E-state index is 13.0. The van der Waals surface area contributed by atoms with Crippen molar-refractivity contribution in [1.29, 1.82) is 0 Å². The fourth-order valence-corrected chi connectivity index (χ4v) is 5.03. The highest BCUT2D eigenvalue weighted by Gasteiger charge is 2.40. The summed E-state index contributed by atoms with van der Waals surface area (Å²) in [7, 11) is 0. The zero-order valence-corrected chi connectivity index (χ0v) is 18.8. The number of carbonyl (C=O) groups is 1. The minimum Gasteiger partial charge on any atom is -0.494 e. The minimum atomic E-state index is -0.357. The predicted molar refractivity (Wildman–Crippen MR) is 124 cm³/mol. The third-order valence-corrected chi connectivity index (χ3v) is 6.66. The van der Waals surface area contributed by atoms with E-state index >= 15 is 0 Å². The number of likely N-dealkylation sites (tertiary alicyclic amines) is 1. The van der Waals surface area contributed by atoms with E-state index in [2.05, 4.69) is 10.2 Å². The van der Waals surface area contributed by atoms with E-state index in [0.29, 0.717) is 24.3 Å². The zero-order chi connectivity index (χ0) is 22.3. The van der Waals surface area contributed by atoms with Crippen LogP contribution >= 0.6 is 0 Å². The van der Waals surface area contributed by atoms with Crippen LogP contribution in [0.1, 0.15) is 44.1 Å². The van der Waals surface area contributed by atoms with E-state index in [1.807, 2.05) is 31.2 Å². The topological polar surface area (TPSA) is 50.8 Å². The van der Waals surface area contributed by atoms with Gasteiger partial charge in [0.05, 0.1) is 6.61 Å². The van der Waals surface area contributed by atoms with Gasteiger partial charge in [0.1, 0.15) is 17.7 Å². The lowest BCUT2D eigenvalue weighted by molar-refractivity contribution is -0.0411. The monoisotopic (exact) mass is 440 g/mol. The molecule has 0 radical (unpaired) electrons. The lowest BCUT2D eigenvalue weighted by atomic mass is 9.76. The van der Waals surface area contributed by atoms with Gasteiger partial charge in [-0.3, -0.25) is 10.2 Å². The number of nitrogens with zero attached hydrogens (tertiary/aromatic N) is 1. The van der Waals surface area contributed by atoms with Gasteiger partial charge in [0.15, 0.2) is 0 Å². The minimum absolute atomic E-state index is 0.0301. The summed E-state index contributed by atoms with van der Waals surface area (Å²) in [4.78, 5) is 15.1. The molecule has 0 spiro atoms. The summed E-state index contributed by atoms with van der Waals surface area (Å²) < 4.78 is 24.7. The molecule has 1 unspecified atom stereocenters. The molecule has 1 saturated heterocycles. The number of rotatable bonds is 7. The maximum Gasteiger partial charge on any atom is 0.411 e. The summed E-state index contributed by atoms with van der Waals surface area (Å²) in [5.74, 6) is 0.839. The molecule has 2 aromatic carbocycles. The highest BCUT2D eigenvalue weighted by atomic mass is 19.1. The van der Waals surface area contributed by atoms with Gasteiger partial charge in [-0.1, -0.05) is 30.5 Å². The fraction of sp³-hybridized carbons (Fsp3) is 0.500. The van der Waals surface area contributed by atoms with E-state index in [1.165, 1.54) is 25.0 Å². The van der Waals surface area contributed by atoms with E-state index in [0.717, 1.165) is 50.0 Å². The van der Waals surface area contributed by atoms with Crippen LogP contribution in [0.25, 0.3) is 0 Å². The first-order chi connectivity index (χ1) is 15.6. The Morgan fingerprint density at radius 2 is 1.81 bits per heavy atom. The van der Waals surface area contributed by atoms with Crippen molar-refractivity contribution < 1.29 is 18.7 Å². The van der Waals surface area contributed by atoms with Crippen LogP contribution in [0, 0.1) is 18.7 Å². The van der Waals surface area contributed by atoms with Crippen molar-refractivity contribution in [3.8, 4) is 5.75 Å². The molecule has 6 heteroatoms. The van der Waals surface area contributed by atoms with Gasteiger partial charge in [0, 0.05) is 30.7 Å². The van der Waals surface area contributed by atoms with Crippen molar-refractivity contribution in [2.24, 2.45) is 5.92 Å². The van der Waals surface area contributed by atoms with Gasteiger partial charge in [-0.2, -0.15) is 0 Å². The van der Waals surface area contributed by atoms with Gasteiger partial charge in [-0.25, -0.2) is 9.18 Å².